The summed E-state index contributed by atoms with van der Waals surface area (Å²) < 4.78 is 5.60. The topological polar surface area (TPSA) is 76.2 Å². The number of aromatic carboxylic acids is 1. The Morgan fingerprint density at radius 1 is 0.885 bits per heavy atom. The molecule has 0 fully saturated rings. The van der Waals surface area contributed by atoms with Gasteiger partial charge in [-0.1, -0.05) is 36.4 Å². The molecular weight excluding hydrogens is 328 g/mol. The van der Waals surface area contributed by atoms with Crippen LogP contribution in [0.4, 0.5) is 0 Å². The lowest BCUT2D eigenvalue weighted by atomic mass is 9.92. The minimum Gasteiger partial charge on any atom is -0.478 e. The number of benzene rings is 3. The van der Waals surface area contributed by atoms with Crippen molar-refractivity contribution in [3.8, 4) is 22.6 Å². The molecule has 0 saturated carbocycles. The first-order valence-corrected chi connectivity index (χ1v) is 8.21. The molecule has 0 aliphatic carbocycles. The number of carbonyl (C=O) groups is 1. The van der Waals surface area contributed by atoms with E-state index in [0.29, 0.717) is 11.8 Å². The van der Waals surface area contributed by atoms with Crippen LogP contribution in [0.2, 0.25) is 0 Å². The molecule has 26 heavy (non-hydrogen) atoms. The third kappa shape index (κ3) is 2.63. The van der Waals surface area contributed by atoms with Gasteiger partial charge in [-0.2, -0.15) is 0 Å². The molecule has 4 rings (SSSR count). The van der Waals surface area contributed by atoms with Gasteiger partial charge in [0.2, 0.25) is 11.8 Å². The fraction of sp³-hybridized carbons (Fsp3) is 0.0952. The Bertz CT molecular complexity index is 1150. The van der Waals surface area contributed by atoms with E-state index in [4.69, 9.17) is 4.42 Å². The van der Waals surface area contributed by atoms with Crippen LogP contribution >= 0.6 is 0 Å². The quantitative estimate of drug-likeness (QED) is 0.574. The maximum atomic E-state index is 11.2. The molecule has 0 aliphatic heterocycles. The first kappa shape index (κ1) is 16.0. The normalized spacial score (nSPS) is 11.0. The van der Waals surface area contributed by atoms with E-state index in [-0.39, 0.29) is 5.56 Å². The first-order valence-electron chi connectivity index (χ1n) is 8.21. The molecule has 0 saturated heterocycles. The highest BCUT2D eigenvalue weighted by molar-refractivity contribution is 6.04. The van der Waals surface area contributed by atoms with Crippen LogP contribution in [0, 0.1) is 13.8 Å². The van der Waals surface area contributed by atoms with Crippen molar-refractivity contribution < 1.29 is 14.3 Å². The van der Waals surface area contributed by atoms with Gasteiger partial charge in [-0.25, -0.2) is 4.79 Å². The number of rotatable bonds is 3. The molecule has 0 atom stereocenters. The molecule has 1 heterocycles. The monoisotopic (exact) mass is 344 g/mol. The van der Waals surface area contributed by atoms with Gasteiger partial charge >= 0.3 is 5.97 Å². The molecule has 0 radical (unpaired) electrons. The molecule has 0 spiro atoms. The maximum Gasteiger partial charge on any atom is 0.335 e. The van der Waals surface area contributed by atoms with Gasteiger partial charge in [-0.3, -0.25) is 0 Å². The number of aryl methyl sites for hydroxylation is 2. The highest BCUT2D eigenvalue weighted by atomic mass is 16.4. The Morgan fingerprint density at radius 3 is 2.19 bits per heavy atom. The second-order valence-electron chi connectivity index (χ2n) is 6.17. The van der Waals surface area contributed by atoms with Gasteiger partial charge in [-0.05, 0) is 52.6 Å². The van der Waals surface area contributed by atoms with Crippen LogP contribution in [0.15, 0.2) is 59.0 Å². The summed E-state index contributed by atoms with van der Waals surface area (Å²) in [7, 11) is 0. The van der Waals surface area contributed by atoms with E-state index in [9.17, 15) is 9.90 Å². The fourth-order valence-corrected chi connectivity index (χ4v) is 3.24. The molecule has 0 bridgehead atoms. The minimum atomic E-state index is -0.924. The number of hydrogen-bond donors (Lipinski definition) is 1. The molecule has 1 N–H and O–H groups in total. The lowest BCUT2D eigenvalue weighted by Crippen LogP contribution is -1.97. The van der Waals surface area contributed by atoms with Crippen molar-refractivity contribution in [2.24, 2.45) is 0 Å². The van der Waals surface area contributed by atoms with Crippen LogP contribution in [-0.4, -0.2) is 21.3 Å². The number of fused-ring (bicyclic) bond motifs is 1. The predicted molar refractivity (Wildman–Crippen MR) is 99.1 cm³/mol. The Balaban J connectivity index is 1.94. The van der Waals surface area contributed by atoms with E-state index in [1.165, 1.54) is 0 Å². The molecule has 5 heteroatoms. The van der Waals surface area contributed by atoms with E-state index < -0.39 is 5.97 Å². The smallest absolute Gasteiger partial charge is 0.335 e. The van der Waals surface area contributed by atoms with Gasteiger partial charge in [0.1, 0.15) is 0 Å². The summed E-state index contributed by atoms with van der Waals surface area (Å²) >= 11 is 0. The SMILES string of the molecule is Cc1nnc(-c2cccc3c(-c4ccc(C(=O)O)cc4C)cccc23)o1. The van der Waals surface area contributed by atoms with Crippen LogP contribution in [0.25, 0.3) is 33.4 Å². The largest absolute Gasteiger partial charge is 0.478 e. The van der Waals surface area contributed by atoms with Crippen molar-refractivity contribution in [1.29, 1.82) is 0 Å². The minimum absolute atomic E-state index is 0.286. The van der Waals surface area contributed by atoms with Crippen LogP contribution in [0.5, 0.6) is 0 Å². The molecule has 0 amide bonds. The second kappa shape index (κ2) is 6.11. The predicted octanol–water partition coefficient (Wildman–Crippen LogP) is 4.87. The fourth-order valence-electron chi connectivity index (χ4n) is 3.24. The molecular formula is C21H16N2O3. The molecule has 3 aromatic carbocycles. The number of carboxylic acid groups (broad SMARTS) is 1. The molecule has 5 nitrogen and oxygen atoms in total. The van der Waals surface area contributed by atoms with Crippen LogP contribution in [0.3, 0.4) is 0 Å². The Kier molecular flexibility index (Phi) is 3.77. The lowest BCUT2D eigenvalue weighted by molar-refractivity contribution is 0.0697. The average molecular weight is 344 g/mol. The third-order valence-corrected chi connectivity index (χ3v) is 4.44. The van der Waals surface area contributed by atoms with Crippen LogP contribution in [0.1, 0.15) is 21.8 Å². The summed E-state index contributed by atoms with van der Waals surface area (Å²) in [5, 5.41) is 19.3. The van der Waals surface area contributed by atoms with Gasteiger partial charge in [0.15, 0.2) is 0 Å². The van der Waals surface area contributed by atoms with E-state index in [1.54, 1.807) is 19.1 Å². The molecule has 1 aromatic heterocycles. The van der Waals surface area contributed by atoms with Crippen LogP contribution < -0.4 is 0 Å². The van der Waals surface area contributed by atoms with Gasteiger partial charge in [0, 0.05) is 12.5 Å². The van der Waals surface area contributed by atoms with E-state index in [2.05, 4.69) is 10.2 Å². The zero-order chi connectivity index (χ0) is 18.3. The van der Waals surface area contributed by atoms with Crippen molar-refractivity contribution in [1.82, 2.24) is 10.2 Å². The highest BCUT2D eigenvalue weighted by Gasteiger charge is 2.14. The molecule has 4 aromatic rings. The van der Waals surface area contributed by atoms with E-state index >= 15 is 0 Å². The van der Waals surface area contributed by atoms with Gasteiger partial charge < -0.3 is 9.52 Å². The van der Waals surface area contributed by atoms with Crippen molar-refractivity contribution >= 4 is 16.7 Å². The van der Waals surface area contributed by atoms with Crippen LogP contribution in [-0.2, 0) is 0 Å². The van der Waals surface area contributed by atoms with Crippen molar-refractivity contribution in [2.45, 2.75) is 13.8 Å². The summed E-state index contributed by atoms with van der Waals surface area (Å²) in [6, 6.07) is 17.2. The van der Waals surface area contributed by atoms with Crippen molar-refractivity contribution in [3.05, 3.63) is 71.6 Å². The summed E-state index contributed by atoms with van der Waals surface area (Å²) in [5.41, 5.74) is 4.11. The Morgan fingerprint density at radius 2 is 1.58 bits per heavy atom. The second-order valence-corrected chi connectivity index (χ2v) is 6.17. The number of carboxylic acids is 1. The zero-order valence-corrected chi connectivity index (χ0v) is 14.4. The zero-order valence-electron chi connectivity index (χ0n) is 14.4. The summed E-state index contributed by atoms with van der Waals surface area (Å²) in [6.45, 7) is 3.69. The summed E-state index contributed by atoms with van der Waals surface area (Å²) in [6.07, 6.45) is 0. The van der Waals surface area contributed by atoms with Gasteiger partial charge in [0.25, 0.3) is 0 Å². The Labute approximate surface area is 149 Å². The third-order valence-electron chi connectivity index (χ3n) is 4.44. The van der Waals surface area contributed by atoms with Crippen molar-refractivity contribution in [3.63, 3.8) is 0 Å². The molecule has 0 aliphatic rings. The van der Waals surface area contributed by atoms with Gasteiger partial charge in [0.05, 0.1) is 5.56 Å². The van der Waals surface area contributed by atoms with E-state index in [1.807, 2.05) is 49.4 Å². The number of aromatic nitrogens is 2. The summed E-state index contributed by atoms with van der Waals surface area (Å²) in [4.78, 5) is 11.2. The molecule has 0 unspecified atom stereocenters. The van der Waals surface area contributed by atoms with Gasteiger partial charge in [-0.15, -0.1) is 10.2 Å². The van der Waals surface area contributed by atoms with E-state index in [0.717, 1.165) is 33.0 Å². The number of hydrogen-bond acceptors (Lipinski definition) is 4. The molecule has 128 valence electrons. The summed E-state index contributed by atoms with van der Waals surface area (Å²) in [5.74, 6) is 0.0862. The van der Waals surface area contributed by atoms with Crippen molar-refractivity contribution in [2.75, 3.05) is 0 Å². The highest BCUT2D eigenvalue weighted by Crippen LogP contribution is 2.35. The number of nitrogens with zero attached hydrogens (tertiary/aromatic N) is 2. The standard InChI is InChI=1S/C21H16N2O3/c1-12-11-14(21(24)25)9-10-15(12)16-5-3-7-18-17(16)6-4-8-19(18)20-23-22-13(2)26-20/h3-11H,1-2H3,(H,24,25). The lowest BCUT2D eigenvalue weighted by Gasteiger charge is -2.12. The Hall–Kier alpha value is -3.47. The average Bonchev–Trinajstić information content (AvgIpc) is 3.07. The maximum absolute atomic E-state index is 11.2. The first-order chi connectivity index (χ1) is 12.5.